The van der Waals surface area contributed by atoms with E-state index in [9.17, 15) is 0 Å². The van der Waals surface area contributed by atoms with E-state index in [4.69, 9.17) is 4.43 Å². The van der Waals surface area contributed by atoms with E-state index in [0.717, 1.165) is 11.8 Å². The van der Waals surface area contributed by atoms with Gasteiger partial charge in [-0.15, -0.1) is 0 Å². The van der Waals surface area contributed by atoms with Gasteiger partial charge in [0.2, 0.25) is 9.04 Å². The van der Waals surface area contributed by atoms with Crippen molar-refractivity contribution in [1.29, 1.82) is 0 Å². The summed E-state index contributed by atoms with van der Waals surface area (Å²) in [6.45, 7) is 18.9. The fourth-order valence-corrected chi connectivity index (χ4v) is 7.10. The monoisotopic (exact) mass is 269 g/mol. The largest absolute Gasteiger partial charge is 0.413 e. The highest BCUT2D eigenvalue weighted by atomic mass is 28.3. The Bertz CT molecular complexity index is 237. The van der Waals surface area contributed by atoms with Crippen LogP contribution in [0, 0.1) is 11.8 Å². The van der Waals surface area contributed by atoms with E-state index in [2.05, 4.69) is 55.4 Å². The zero-order valence-electron chi connectivity index (χ0n) is 13.8. The molecule has 2 atom stereocenters. The third-order valence-corrected chi connectivity index (χ3v) is 7.08. The number of rotatable bonds is 2. The average Bonchev–Trinajstić information content (AvgIpc) is 2.08. The van der Waals surface area contributed by atoms with Gasteiger partial charge in [0.1, 0.15) is 0 Å². The maximum Gasteiger partial charge on any atom is 0.223 e. The molecule has 0 saturated heterocycles. The molecule has 0 aromatic heterocycles. The minimum absolute atomic E-state index is 0.312. The molecule has 1 saturated carbocycles. The van der Waals surface area contributed by atoms with Gasteiger partial charge in [-0.1, -0.05) is 55.4 Å². The first-order valence-electron chi connectivity index (χ1n) is 7.54. The summed E-state index contributed by atoms with van der Waals surface area (Å²) in [5, 5.41) is 0.625. The maximum absolute atomic E-state index is 6.66. The van der Waals surface area contributed by atoms with Crippen LogP contribution in [0.2, 0.25) is 10.1 Å². The smallest absolute Gasteiger partial charge is 0.223 e. The molecule has 18 heavy (non-hydrogen) atoms. The van der Waals surface area contributed by atoms with Crippen LogP contribution >= 0.6 is 0 Å². The second kappa shape index (κ2) is 5.66. The molecule has 0 aromatic carbocycles. The average molecular weight is 270 g/mol. The second-order valence-electron chi connectivity index (χ2n) is 8.49. The zero-order valence-corrected chi connectivity index (χ0v) is 14.8. The summed E-state index contributed by atoms with van der Waals surface area (Å²) in [5.41, 5.74) is 0. The fourth-order valence-electron chi connectivity index (χ4n) is 3.61. The van der Waals surface area contributed by atoms with Crippen LogP contribution in [0.5, 0.6) is 0 Å². The summed E-state index contributed by atoms with van der Waals surface area (Å²) in [5.74, 6) is 1.67. The Morgan fingerprint density at radius 3 is 1.50 bits per heavy atom. The van der Waals surface area contributed by atoms with Gasteiger partial charge in [-0.3, -0.25) is 0 Å². The van der Waals surface area contributed by atoms with Crippen LogP contribution < -0.4 is 0 Å². The molecule has 1 rings (SSSR count). The van der Waals surface area contributed by atoms with E-state index in [1.165, 1.54) is 19.3 Å². The van der Waals surface area contributed by atoms with Crippen molar-refractivity contribution >= 4 is 9.04 Å². The minimum atomic E-state index is -0.821. The van der Waals surface area contributed by atoms with Crippen LogP contribution in [-0.2, 0) is 4.43 Å². The summed E-state index contributed by atoms with van der Waals surface area (Å²) >= 11 is 0. The van der Waals surface area contributed by atoms with E-state index < -0.39 is 9.04 Å². The van der Waals surface area contributed by atoms with Crippen molar-refractivity contribution in [3.05, 3.63) is 0 Å². The van der Waals surface area contributed by atoms with Crippen LogP contribution in [0.4, 0.5) is 0 Å². The van der Waals surface area contributed by atoms with E-state index in [1.54, 1.807) is 0 Å². The summed E-state index contributed by atoms with van der Waals surface area (Å²) in [6, 6.07) is 0. The summed E-state index contributed by atoms with van der Waals surface area (Å²) in [7, 11) is -0.821. The van der Waals surface area contributed by atoms with Gasteiger partial charge in [-0.25, -0.2) is 0 Å². The molecule has 0 N–H and O–H groups in total. The molecule has 2 unspecified atom stereocenters. The van der Waals surface area contributed by atoms with Crippen molar-refractivity contribution in [3.63, 3.8) is 0 Å². The Morgan fingerprint density at radius 2 is 1.17 bits per heavy atom. The van der Waals surface area contributed by atoms with Crippen LogP contribution in [0.3, 0.4) is 0 Å². The van der Waals surface area contributed by atoms with Crippen molar-refractivity contribution in [1.82, 2.24) is 0 Å². The van der Waals surface area contributed by atoms with Crippen molar-refractivity contribution < 1.29 is 4.43 Å². The molecule has 0 heterocycles. The first kappa shape index (κ1) is 16.2. The lowest BCUT2D eigenvalue weighted by Crippen LogP contribution is -2.43. The molecule has 1 aliphatic rings. The van der Waals surface area contributed by atoms with Crippen molar-refractivity contribution in [2.45, 2.75) is 90.8 Å². The lowest BCUT2D eigenvalue weighted by Gasteiger charge is -2.42. The van der Waals surface area contributed by atoms with Gasteiger partial charge in [-0.2, -0.15) is 0 Å². The molecule has 0 aromatic rings. The summed E-state index contributed by atoms with van der Waals surface area (Å²) < 4.78 is 6.66. The fraction of sp³-hybridized carbons (Fsp3) is 1.00. The number of hydrogen-bond donors (Lipinski definition) is 0. The second-order valence-corrected chi connectivity index (χ2v) is 12.4. The quantitative estimate of drug-likeness (QED) is 0.608. The van der Waals surface area contributed by atoms with E-state index in [0.29, 0.717) is 16.2 Å². The lowest BCUT2D eigenvalue weighted by molar-refractivity contribution is 0.0890. The predicted octanol–water partition coefficient (Wildman–Crippen LogP) is 5.42. The molecule has 0 aliphatic heterocycles. The predicted molar refractivity (Wildman–Crippen MR) is 82.2 cm³/mol. The standard InChI is InChI=1S/C16H33OSi/c1-12-9-13(2)11-14(10-12)17-18(15(3,4)5)16(6,7)8/h12-14H,9-11H2,1-8H3. The van der Waals surface area contributed by atoms with E-state index in [1.807, 2.05) is 0 Å². The molecule has 2 heteroatoms. The third-order valence-electron chi connectivity index (χ3n) is 3.78. The van der Waals surface area contributed by atoms with Gasteiger partial charge < -0.3 is 4.43 Å². The van der Waals surface area contributed by atoms with Crippen LogP contribution in [0.15, 0.2) is 0 Å². The van der Waals surface area contributed by atoms with Crippen molar-refractivity contribution in [2.24, 2.45) is 11.8 Å². The molecular weight excluding hydrogens is 236 g/mol. The maximum atomic E-state index is 6.66. The highest BCUT2D eigenvalue weighted by molar-refractivity contribution is 6.58. The highest BCUT2D eigenvalue weighted by Crippen LogP contribution is 2.44. The number of hydrogen-bond acceptors (Lipinski definition) is 1. The molecule has 107 valence electrons. The first-order valence-corrected chi connectivity index (χ1v) is 8.95. The first-order chi connectivity index (χ1) is 8.00. The highest BCUT2D eigenvalue weighted by Gasteiger charge is 2.41. The molecule has 0 spiro atoms. The Morgan fingerprint density at radius 1 is 0.778 bits per heavy atom. The Kier molecular flexibility index (Phi) is 5.11. The third kappa shape index (κ3) is 4.69. The van der Waals surface area contributed by atoms with Crippen molar-refractivity contribution in [2.75, 3.05) is 0 Å². The topological polar surface area (TPSA) is 9.23 Å². The van der Waals surface area contributed by atoms with Gasteiger partial charge in [0.25, 0.3) is 0 Å². The molecule has 0 bridgehead atoms. The lowest BCUT2D eigenvalue weighted by atomic mass is 9.82. The Hall–Kier alpha value is 0.177. The Labute approximate surface area is 116 Å². The minimum Gasteiger partial charge on any atom is -0.413 e. The molecule has 1 fully saturated rings. The Balaban J connectivity index is 2.72. The molecule has 1 aliphatic carbocycles. The summed E-state index contributed by atoms with van der Waals surface area (Å²) in [6.07, 6.45) is 4.43. The zero-order chi connectivity index (χ0) is 14.1. The molecular formula is C16H33OSi. The van der Waals surface area contributed by atoms with Gasteiger partial charge in [0.15, 0.2) is 0 Å². The SMILES string of the molecule is CC1CC(C)CC(O[Si](C(C)(C)C)C(C)(C)C)C1. The molecule has 0 amide bonds. The van der Waals surface area contributed by atoms with Gasteiger partial charge in [-0.05, 0) is 41.2 Å². The summed E-state index contributed by atoms with van der Waals surface area (Å²) in [4.78, 5) is 0. The van der Waals surface area contributed by atoms with Gasteiger partial charge >= 0.3 is 0 Å². The van der Waals surface area contributed by atoms with Crippen molar-refractivity contribution in [3.8, 4) is 0 Å². The van der Waals surface area contributed by atoms with Crippen LogP contribution in [0.1, 0.15) is 74.7 Å². The molecule has 1 nitrogen and oxygen atoms in total. The molecule has 1 radical (unpaired) electrons. The van der Waals surface area contributed by atoms with E-state index in [-0.39, 0.29) is 0 Å². The van der Waals surface area contributed by atoms with Crippen LogP contribution in [-0.4, -0.2) is 15.1 Å². The normalized spacial score (nSPS) is 30.8. The van der Waals surface area contributed by atoms with Crippen LogP contribution in [0.25, 0.3) is 0 Å². The van der Waals surface area contributed by atoms with Gasteiger partial charge in [0.05, 0.1) is 0 Å². The van der Waals surface area contributed by atoms with Gasteiger partial charge in [0, 0.05) is 6.10 Å². The van der Waals surface area contributed by atoms with E-state index >= 15 is 0 Å².